The molecule has 0 unspecified atom stereocenters. The lowest BCUT2D eigenvalue weighted by Crippen LogP contribution is -2.49. The fourth-order valence-electron chi connectivity index (χ4n) is 2.98. The van der Waals surface area contributed by atoms with Crippen molar-refractivity contribution in [1.29, 1.82) is 0 Å². The number of nitrogens with zero attached hydrogens (tertiary/aromatic N) is 3. The van der Waals surface area contributed by atoms with E-state index in [0.717, 1.165) is 14.5 Å². The summed E-state index contributed by atoms with van der Waals surface area (Å²) < 4.78 is 36.5. The van der Waals surface area contributed by atoms with E-state index >= 15 is 0 Å². The summed E-state index contributed by atoms with van der Waals surface area (Å²) in [6.45, 7) is -3.87. The van der Waals surface area contributed by atoms with Gasteiger partial charge in [0.25, 0.3) is 0 Å². The molecule has 2 aromatic heterocycles. The maximum absolute atomic E-state index is 14.6. The first-order valence-electron chi connectivity index (χ1n) is 6.86. The molecule has 2 aromatic rings. The zero-order chi connectivity index (χ0) is 15.3. The second-order valence-corrected chi connectivity index (χ2v) is 5.18. The van der Waals surface area contributed by atoms with Gasteiger partial charge in [0.2, 0.25) is 0 Å². The highest BCUT2D eigenvalue weighted by molar-refractivity contribution is 6.57. The van der Waals surface area contributed by atoms with Gasteiger partial charge in [0.15, 0.2) is 5.70 Å². The molecule has 4 nitrogen and oxygen atoms in total. The Labute approximate surface area is 125 Å². The smallest absolute Gasteiger partial charge is 0.495 e. The van der Waals surface area contributed by atoms with Crippen molar-refractivity contribution in [2.45, 2.75) is 0 Å². The van der Waals surface area contributed by atoms with Gasteiger partial charge < -0.3 is 22.3 Å². The highest BCUT2D eigenvalue weighted by Crippen LogP contribution is 2.38. The van der Waals surface area contributed by atoms with Crippen LogP contribution in [0, 0.1) is 0 Å². The standard InChI is InChI=1S/C15H12BF2N3O/c1-22-12-8-11(9-19-10-12)15-13-4-2-6-20(13)16(17,18)21-7-3-5-14(15)21/h2-10H,1H3. The molecule has 22 heavy (non-hydrogen) atoms. The summed E-state index contributed by atoms with van der Waals surface area (Å²) in [5.41, 5.74) is 2.41. The normalized spacial score (nSPS) is 18.0. The number of hydrogen-bond acceptors (Lipinski definition) is 2. The molecule has 0 atom stereocenters. The molecular formula is C15H12BF2N3O. The number of pyridine rings is 1. The zero-order valence-corrected chi connectivity index (χ0v) is 11.8. The number of rotatable bonds is 2. The topological polar surface area (TPSA) is 30.1 Å². The second kappa shape index (κ2) is 4.40. The largest absolute Gasteiger partial charge is 0.737 e. The lowest BCUT2D eigenvalue weighted by molar-refractivity contribution is -0.356. The van der Waals surface area contributed by atoms with Gasteiger partial charge in [0.05, 0.1) is 18.9 Å². The van der Waals surface area contributed by atoms with Crippen LogP contribution in [0.15, 0.2) is 54.6 Å². The van der Waals surface area contributed by atoms with Crippen LogP contribution in [0.25, 0.3) is 5.57 Å². The maximum atomic E-state index is 14.6. The number of halogens is 2. The van der Waals surface area contributed by atoms with E-state index in [-0.39, 0.29) is 0 Å². The van der Waals surface area contributed by atoms with Crippen molar-refractivity contribution in [1.82, 2.24) is 9.46 Å². The van der Waals surface area contributed by atoms with Gasteiger partial charge in [-0.3, -0.25) is 4.98 Å². The molecule has 2 aliphatic heterocycles. The molecule has 0 fully saturated rings. The summed E-state index contributed by atoms with van der Waals surface area (Å²) in [5.74, 6) is 0.587. The van der Waals surface area contributed by atoms with Gasteiger partial charge in [-0.15, -0.1) is 0 Å². The molecule has 7 heteroatoms. The van der Waals surface area contributed by atoms with Crippen molar-refractivity contribution >= 4 is 18.8 Å². The highest BCUT2D eigenvalue weighted by Gasteiger charge is 2.51. The summed E-state index contributed by atoms with van der Waals surface area (Å²) >= 11 is 0. The zero-order valence-electron chi connectivity index (χ0n) is 11.8. The second-order valence-electron chi connectivity index (χ2n) is 5.18. The molecule has 0 saturated heterocycles. The summed E-state index contributed by atoms with van der Waals surface area (Å²) in [5, 5.41) is 0. The molecule has 0 saturated carbocycles. The number of methoxy groups -OCH3 is 1. The molecule has 0 aromatic carbocycles. The van der Waals surface area contributed by atoms with Crippen molar-refractivity contribution in [3.8, 4) is 5.75 Å². The van der Waals surface area contributed by atoms with Crippen LogP contribution < -0.4 is 4.74 Å². The predicted octanol–water partition coefficient (Wildman–Crippen LogP) is 2.54. The van der Waals surface area contributed by atoms with E-state index in [1.54, 1.807) is 49.9 Å². The first-order chi connectivity index (χ1) is 10.6. The van der Waals surface area contributed by atoms with Crippen LogP contribution in [-0.4, -0.2) is 34.2 Å². The molecule has 0 N–H and O–H groups in total. The monoisotopic (exact) mass is 299 g/mol. The van der Waals surface area contributed by atoms with Crippen LogP contribution in [0.5, 0.6) is 5.75 Å². The van der Waals surface area contributed by atoms with Gasteiger partial charge in [0.1, 0.15) is 12.0 Å². The van der Waals surface area contributed by atoms with E-state index in [2.05, 4.69) is 4.98 Å². The van der Waals surface area contributed by atoms with Gasteiger partial charge in [-0.2, -0.15) is 0 Å². The Bertz CT molecular complexity index is 867. The van der Waals surface area contributed by atoms with E-state index in [1.807, 2.05) is 0 Å². The highest BCUT2D eigenvalue weighted by atomic mass is 19.2. The lowest BCUT2D eigenvalue weighted by atomic mass is 9.87. The van der Waals surface area contributed by atoms with E-state index in [1.165, 1.54) is 12.4 Å². The first kappa shape index (κ1) is 13.0. The first-order valence-corrected chi connectivity index (χ1v) is 6.86. The number of hydrogen-bond donors (Lipinski definition) is 0. The van der Waals surface area contributed by atoms with E-state index < -0.39 is 6.97 Å². The fourth-order valence-corrected chi connectivity index (χ4v) is 2.98. The van der Waals surface area contributed by atoms with Crippen LogP contribution >= 0.6 is 0 Å². The van der Waals surface area contributed by atoms with Crippen LogP contribution in [0.1, 0.15) is 11.3 Å². The minimum Gasteiger partial charge on any atom is -0.495 e. The Morgan fingerprint density at radius 1 is 1.32 bits per heavy atom. The summed E-state index contributed by atoms with van der Waals surface area (Å²) in [4.78, 5) is 4.13. The van der Waals surface area contributed by atoms with Crippen LogP contribution in [0.2, 0.25) is 0 Å². The molecule has 0 spiro atoms. The Balaban J connectivity index is 2.02. The number of fused-ring (bicyclic) bond motifs is 2. The third-order valence-electron chi connectivity index (χ3n) is 3.98. The van der Waals surface area contributed by atoms with Crippen molar-refractivity contribution in [3.05, 3.63) is 65.9 Å². The van der Waals surface area contributed by atoms with Crippen LogP contribution in [0.3, 0.4) is 0 Å². The van der Waals surface area contributed by atoms with E-state index in [4.69, 9.17) is 4.74 Å². The van der Waals surface area contributed by atoms with Crippen molar-refractivity contribution < 1.29 is 17.9 Å². The minimum absolute atomic E-state index is 0.478. The average molecular weight is 299 g/mol. The quantitative estimate of drug-likeness (QED) is 0.798. The third-order valence-corrected chi connectivity index (χ3v) is 3.98. The molecular weight excluding hydrogens is 287 g/mol. The molecule has 4 rings (SSSR count). The fraction of sp³-hybridized carbons (Fsp3) is 0.0667. The van der Waals surface area contributed by atoms with Crippen molar-refractivity contribution in [3.63, 3.8) is 0 Å². The van der Waals surface area contributed by atoms with Crippen LogP contribution in [-0.2, 0) is 0 Å². The summed E-state index contributed by atoms with van der Waals surface area (Å²) in [7, 11) is 1.55. The van der Waals surface area contributed by atoms with E-state index in [0.29, 0.717) is 22.7 Å². The van der Waals surface area contributed by atoms with Crippen molar-refractivity contribution in [2.24, 2.45) is 0 Å². The molecule has 0 radical (unpaired) electrons. The third kappa shape index (κ3) is 1.62. The maximum Gasteiger partial charge on any atom is 0.737 e. The molecule has 0 aliphatic carbocycles. The average Bonchev–Trinajstić information content (AvgIpc) is 3.17. The SMILES string of the molecule is COc1cncc(C2=C3C=CC=[N+]3[B-](F)(F)n3cccc32)c1. The van der Waals surface area contributed by atoms with Gasteiger partial charge in [0, 0.05) is 29.6 Å². The lowest BCUT2D eigenvalue weighted by Gasteiger charge is -2.30. The van der Waals surface area contributed by atoms with Gasteiger partial charge in [-0.1, -0.05) is 0 Å². The summed E-state index contributed by atoms with van der Waals surface area (Å²) in [6.07, 6.45) is 9.39. The Morgan fingerprint density at radius 2 is 2.18 bits per heavy atom. The number of ether oxygens (including phenoxy) is 1. The molecule has 110 valence electrons. The Hall–Kier alpha value is -2.70. The van der Waals surface area contributed by atoms with E-state index in [9.17, 15) is 8.63 Å². The number of allylic oxidation sites excluding steroid dienone is 2. The van der Waals surface area contributed by atoms with Gasteiger partial charge in [-0.25, -0.2) is 0 Å². The van der Waals surface area contributed by atoms with Gasteiger partial charge in [-0.05, 0) is 24.4 Å². The molecule has 4 heterocycles. The van der Waals surface area contributed by atoms with Crippen LogP contribution in [0.4, 0.5) is 8.63 Å². The summed E-state index contributed by atoms with van der Waals surface area (Å²) in [6, 6.07) is 5.12. The van der Waals surface area contributed by atoms with Crippen molar-refractivity contribution in [2.75, 3.05) is 7.11 Å². The predicted molar refractivity (Wildman–Crippen MR) is 80.1 cm³/mol. The number of aromatic nitrogens is 2. The minimum atomic E-state index is -3.87. The Kier molecular flexibility index (Phi) is 2.60. The molecule has 0 bridgehead atoms. The molecule has 2 aliphatic rings. The Morgan fingerprint density at radius 3 is 3.00 bits per heavy atom. The van der Waals surface area contributed by atoms with Gasteiger partial charge >= 0.3 is 6.97 Å². The molecule has 0 amide bonds.